The monoisotopic (exact) mass is 319 g/mol. The molecule has 1 saturated heterocycles. The Hall–Kier alpha value is -1.92. The lowest BCUT2D eigenvalue weighted by Gasteiger charge is -2.31. The lowest BCUT2D eigenvalue weighted by molar-refractivity contribution is -0.174. The number of nitrogens with two attached hydrogens (primary N) is 1. The Labute approximate surface area is 121 Å². The smallest absolute Gasteiger partial charge is 0.331 e. The maximum atomic E-state index is 13.5. The number of ketones is 1. The molecular weight excluding hydrogens is 305 g/mol. The predicted octanol–water partition coefficient (Wildman–Crippen LogP) is -4.03. The molecule has 1 aliphatic heterocycles. The highest BCUT2D eigenvalue weighted by Gasteiger charge is 2.60. The Morgan fingerprint density at radius 3 is 2.64 bits per heavy atom. The fraction of sp³-hybridized carbons (Fsp3) is 0.545. The summed E-state index contributed by atoms with van der Waals surface area (Å²) >= 11 is 0. The zero-order valence-corrected chi connectivity index (χ0v) is 11.1. The van der Waals surface area contributed by atoms with Gasteiger partial charge in [0.05, 0.1) is 19.3 Å². The minimum absolute atomic E-state index is 0.308. The van der Waals surface area contributed by atoms with Gasteiger partial charge in [0.2, 0.25) is 17.3 Å². The van der Waals surface area contributed by atoms with Crippen molar-refractivity contribution in [3.63, 3.8) is 0 Å². The van der Waals surface area contributed by atoms with Gasteiger partial charge in [0.15, 0.2) is 0 Å². The van der Waals surface area contributed by atoms with Gasteiger partial charge in [-0.2, -0.15) is 4.39 Å². The molecular formula is C11H14FN3O7. The summed E-state index contributed by atoms with van der Waals surface area (Å²) < 4.78 is 18.9. The van der Waals surface area contributed by atoms with Gasteiger partial charge in [-0.1, -0.05) is 0 Å². The molecule has 0 aliphatic carbocycles. The highest BCUT2D eigenvalue weighted by atomic mass is 19.1. The van der Waals surface area contributed by atoms with Crippen LogP contribution in [0.5, 0.6) is 0 Å². The second kappa shape index (κ2) is 5.70. The molecule has 1 aromatic heterocycles. The number of ether oxygens (including phenoxy) is 1. The first-order valence-electron chi connectivity index (χ1n) is 6.19. The Balaban J connectivity index is 2.73. The van der Waals surface area contributed by atoms with E-state index in [1.54, 1.807) is 4.98 Å². The van der Waals surface area contributed by atoms with E-state index in [1.807, 2.05) is 0 Å². The van der Waals surface area contributed by atoms with Crippen molar-refractivity contribution in [3.8, 4) is 0 Å². The van der Waals surface area contributed by atoms with Crippen LogP contribution >= 0.6 is 0 Å². The van der Waals surface area contributed by atoms with Crippen molar-refractivity contribution in [1.82, 2.24) is 9.55 Å². The highest BCUT2D eigenvalue weighted by molar-refractivity contribution is 5.88. The molecule has 0 spiro atoms. The topological polar surface area (TPSA) is 168 Å². The number of halogens is 1. The summed E-state index contributed by atoms with van der Waals surface area (Å²) in [5, 5.41) is 29.0. The first-order chi connectivity index (χ1) is 10.3. The molecule has 0 saturated carbocycles. The molecule has 4 atom stereocenters. The number of Topliss-reactive ketones (excluding diaryl/α,β-unsaturated/α-hetero) is 1. The van der Waals surface area contributed by atoms with Gasteiger partial charge in [-0.15, -0.1) is 0 Å². The number of nitrogens with zero attached hydrogens (tertiary/aromatic N) is 1. The SMILES string of the molecule is NCC(=O)[C@@]1(n2cc(F)c(=O)[nH]c2=O)O[C@H](CO)[C@@H](O)[C@H]1O. The number of hydrogen-bond acceptors (Lipinski definition) is 8. The van der Waals surface area contributed by atoms with E-state index in [1.165, 1.54) is 0 Å². The number of aliphatic hydroxyl groups is 3. The van der Waals surface area contributed by atoms with Gasteiger partial charge < -0.3 is 25.8 Å². The summed E-state index contributed by atoms with van der Waals surface area (Å²) in [7, 11) is 0. The minimum atomic E-state index is -2.55. The van der Waals surface area contributed by atoms with Gasteiger partial charge in [-0.3, -0.25) is 19.1 Å². The summed E-state index contributed by atoms with van der Waals surface area (Å²) in [6.45, 7) is -1.49. The number of aromatic nitrogens is 2. The van der Waals surface area contributed by atoms with Crippen LogP contribution in [0.15, 0.2) is 15.8 Å². The molecule has 0 aromatic carbocycles. The highest BCUT2D eigenvalue weighted by Crippen LogP contribution is 2.35. The standard InChI is InChI=1S/C11H14FN3O7/c12-4-2-15(10(21)14-9(4)20)11(6(17)1-13)8(19)7(18)5(3-16)22-11/h2,5,7-8,16,18-19H,1,3,13H2,(H,14,20,21)/t5-,7-,8-,11-/m1/s1. The Morgan fingerprint density at radius 1 is 1.50 bits per heavy atom. The molecule has 0 bridgehead atoms. The average molecular weight is 319 g/mol. The first kappa shape index (κ1) is 16.5. The fourth-order valence-electron chi connectivity index (χ4n) is 2.36. The molecule has 10 nitrogen and oxygen atoms in total. The van der Waals surface area contributed by atoms with Crippen molar-refractivity contribution in [1.29, 1.82) is 0 Å². The molecule has 1 aliphatic rings. The Kier molecular flexibility index (Phi) is 4.26. The molecule has 0 radical (unpaired) electrons. The van der Waals surface area contributed by atoms with Gasteiger partial charge in [0.25, 0.3) is 5.56 Å². The van der Waals surface area contributed by atoms with E-state index in [9.17, 15) is 29.0 Å². The summed E-state index contributed by atoms with van der Waals surface area (Å²) in [4.78, 5) is 36.7. The number of aliphatic hydroxyl groups excluding tert-OH is 3. The quantitative estimate of drug-likeness (QED) is 0.374. The van der Waals surface area contributed by atoms with Crippen LogP contribution in [-0.2, 0) is 15.3 Å². The molecule has 6 N–H and O–H groups in total. The number of nitrogens with one attached hydrogen (secondary N) is 1. The second-order valence-electron chi connectivity index (χ2n) is 4.70. The maximum Gasteiger partial charge on any atom is 0.331 e. The van der Waals surface area contributed by atoms with E-state index < -0.39 is 60.0 Å². The number of carbonyl (C=O) groups excluding carboxylic acids is 1. The van der Waals surface area contributed by atoms with Crippen molar-refractivity contribution in [2.45, 2.75) is 24.0 Å². The van der Waals surface area contributed by atoms with Crippen LogP contribution in [0.1, 0.15) is 0 Å². The van der Waals surface area contributed by atoms with E-state index >= 15 is 0 Å². The van der Waals surface area contributed by atoms with Crippen molar-refractivity contribution >= 4 is 5.78 Å². The average Bonchev–Trinajstić information content (AvgIpc) is 2.75. The Morgan fingerprint density at radius 2 is 2.14 bits per heavy atom. The van der Waals surface area contributed by atoms with Gasteiger partial charge in [0, 0.05) is 0 Å². The molecule has 2 heterocycles. The largest absolute Gasteiger partial charge is 0.394 e. The summed E-state index contributed by atoms with van der Waals surface area (Å²) in [6.07, 6.45) is -4.79. The van der Waals surface area contributed by atoms with E-state index in [4.69, 9.17) is 15.6 Å². The van der Waals surface area contributed by atoms with Gasteiger partial charge >= 0.3 is 5.69 Å². The van der Waals surface area contributed by atoms with E-state index in [0.29, 0.717) is 10.8 Å². The second-order valence-corrected chi connectivity index (χ2v) is 4.70. The molecule has 122 valence electrons. The van der Waals surface area contributed by atoms with Crippen LogP contribution in [0.2, 0.25) is 0 Å². The third-order valence-corrected chi connectivity index (χ3v) is 3.46. The molecule has 0 unspecified atom stereocenters. The first-order valence-corrected chi connectivity index (χ1v) is 6.19. The summed E-state index contributed by atoms with van der Waals surface area (Å²) in [5.41, 5.74) is 0.0872. The third-order valence-electron chi connectivity index (χ3n) is 3.46. The van der Waals surface area contributed by atoms with Crippen LogP contribution in [0.3, 0.4) is 0 Å². The normalized spacial score (nSPS) is 31.4. The maximum absolute atomic E-state index is 13.5. The number of rotatable bonds is 4. The number of carbonyl (C=O) groups is 1. The van der Waals surface area contributed by atoms with Gasteiger partial charge in [-0.05, 0) is 0 Å². The van der Waals surface area contributed by atoms with Crippen LogP contribution in [0.4, 0.5) is 4.39 Å². The summed E-state index contributed by atoms with van der Waals surface area (Å²) in [6, 6.07) is 0. The minimum Gasteiger partial charge on any atom is -0.394 e. The lowest BCUT2D eigenvalue weighted by Crippen LogP contribution is -2.58. The molecule has 1 fully saturated rings. The zero-order valence-electron chi connectivity index (χ0n) is 11.1. The molecule has 1 aromatic rings. The van der Waals surface area contributed by atoms with Gasteiger partial charge in [-0.25, -0.2) is 4.79 Å². The van der Waals surface area contributed by atoms with Crippen LogP contribution in [0, 0.1) is 5.82 Å². The van der Waals surface area contributed by atoms with Crippen LogP contribution < -0.4 is 17.0 Å². The van der Waals surface area contributed by atoms with Crippen molar-refractivity contribution in [2.24, 2.45) is 5.73 Å². The number of H-pyrrole nitrogens is 1. The van der Waals surface area contributed by atoms with Crippen LogP contribution in [0.25, 0.3) is 0 Å². The Bertz CT molecular complexity index is 702. The molecule has 22 heavy (non-hydrogen) atoms. The van der Waals surface area contributed by atoms with E-state index in [2.05, 4.69) is 0 Å². The zero-order chi connectivity index (χ0) is 16.7. The number of aromatic amines is 1. The molecule has 2 rings (SSSR count). The molecule has 11 heteroatoms. The van der Waals surface area contributed by atoms with Gasteiger partial charge in [0.1, 0.15) is 18.3 Å². The lowest BCUT2D eigenvalue weighted by atomic mass is 9.98. The van der Waals surface area contributed by atoms with Crippen molar-refractivity contribution in [3.05, 3.63) is 32.9 Å². The van der Waals surface area contributed by atoms with Crippen LogP contribution in [-0.4, -0.2) is 62.1 Å². The fourth-order valence-corrected chi connectivity index (χ4v) is 2.36. The molecule has 0 amide bonds. The van der Waals surface area contributed by atoms with Crippen molar-refractivity contribution in [2.75, 3.05) is 13.2 Å². The third kappa shape index (κ3) is 2.19. The van der Waals surface area contributed by atoms with Crippen molar-refractivity contribution < 1.29 is 29.2 Å². The number of hydrogen-bond donors (Lipinski definition) is 5. The predicted molar refractivity (Wildman–Crippen MR) is 67.3 cm³/mol. The summed E-state index contributed by atoms with van der Waals surface area (Å²) in [5.74, 6) is -2.47. The van der Waals surface area contributed by atoms with E-state index in [0.717, 1.165) is 0 Å². The van der Waals surface area contributed by atoms with E-state index in [-0.39, 0.29) is 0 Å².